The van der Waals surface area contributed by atoms with Crippen molar-refractivity contribution in [3.8, 4) is 22.3 Å². The van der Waals surface area contributed by atoms with Crippen molar-refractivity contribution in [2.24, 2.45) is 0 Å². The molecular formula is C24H22O4. The largest absolute Gasteiger partial charge is 0.465 e. The summed E-state index contributed by atoms with van der Waals surface area (Å²) >= 11 is 0. The Kier molecular flexibility index (Phi) is 5.59. The van der Waals surface area contributed by atoms with E-state index in [0.29, 0.717) is 11.1 Å². The third-order valence-electron chi connectivity index (χ3n) is 5.03. The Morgan fingerprint density at radius 1 is 0.571 bits per heavy atom. The van der Waals surface area contributed by atoms with Crippen molar-refractivity contribution < 1.29 is 19.1 Å². The molecule has 142 valence electrons. The van der Waals surface area contributed by atoms with Gasteiger partial charge in [-0.2, -0.15) is 0 Å². The minimum absolute atomic E-state index is 0.368. The third kappa shape index (κ3) is 3.41. The van der Waals surface area contributed by atoms with Crippen LogP contribution in [0.15, 0.2) is 60.7 Å². The second-order valence-electron chi connectivity index (χ2n) is 6.49. The molecule has 0 aromatic heterocycles. The second kappa shape index (κ2) is 8.09. The molecule has 3 rings (SSSR count). The molecule has 0 amide bonds. The number of ether oxygens (including phenoxy) is 2. The van der Waals surface area contributed by atoms with Crippen molar-refractivity contribution in [3.63, 3.8) is 0 Å². The van der Waals surface area contributed by atoms with E-state index in [0.717, 1.165) is 33.4 Å². The molecule has 3 aromatic rings. The van der Waals surface area contributed by atoms with Crippen LogP contribution in [0.25, 0.3) is 22.3 Å². The van der Waals surface area contributed by atoms with Crippen LogP contribution in [0, 0.1) is 13.8 Å². The Labute approximate surface area is 164 Å². The molecule has 0 saturated heterocycles. The molecule has 0 N–H and O–H groups in total. The van der Waals surface area contributed by atoms with Crippen LogP contribution >= 0.6 is 0 Å². The van der Waals surface area contributed by atoms with Gasteiger partial charge in [0.15, 0.2) is 0 Å². The molecule has 4 nitrogen and oxygen atoms in total. The number of hydrogen-bond acceptors (Lipinski definition) is 4. The maximum atomic E-state index is 12.2. The fourth-order valence-corrected chi connectivity index (χ4v) is 3.42. The highest BCUT2D eigenvalue weighted by Crippen LogP contribution is 2.35. The topological polar surface area (TPSA) is 52.6 Å². The van der Waals surface area contributed by atoms with Gasteiger partial charge in [-0.25, -0.2) is 9.59 Å². The molecule has 0 aliphatic carbocycles. The SMILES string of the molecule is COC(=O)c1ccccc1-c1ccc(-c2ccccc2C(=O)OC)c(C)c1C. The average molecular weight is 374 g/mol. The normalized spacial score (nSPS) is 10.4. The number of esters is 2. The predicted octanol–water partition coefficient (Wildman–Crippen LogP) is 5.21. The summed E-state index contributed by atoms with van der Waals surface area (Å²) in [6.07, 6.45) is 0. The van der Waals surface area contributed by atoms with E-state index in [9.17, 15) is 9.59 Å². The van der Waals surface area contributed by atoms with Gasteiger partial charge < -0.3 is 9.47 Å². The van der Waals surface area contributed by atoms with Gasteiger partial charge in [-0.15, -0.1) is 0 Å². The molecule has 0 aliphatic rings. The quantitative estimate of drug-likeness (QED) is 0.588. The zero-order valence-electron chi connectivity index (χ0n) is 16.4. The van der Waals surface area contributed by atoms with E-state index < -0.39 is 0 Å². The highest BCUT2D eigenvalue weighted by molar-refractivity contribution is 6.00. The molecule has 0 aliphatic heterocycles. The molecule has 0 atom stereocenters. The molecule has 28 heavy (non-hydrogen) atoms. The monoisotopic (exact) mass is 374 g/mol. The van der Waals surface area contributed by atoms with E-state index in [-0.39, 0.29) is 11.9 Å². The molecule has 0 fully saturated rings. The van der Waals surface area contributed by atoms with Crippen molar-refractivity contribution in [3.05, 3.63) is 82.9 Å². The van der Waals surface area contributed by atoms with Crippen LogP contribution in [0.5, 0.6) is 0 Å². The third-order valence-corrected chi connectivity index (χ3v) is 5.03. The van der Waals surface area contributed by atoms with Crippen molar-refractivity contribution in [1.29, 1.82) is 0 Å². The fourth-order valence-electron chi connectivity index (χ4n) is 3.42. The molecule has 4 heteroatoms. The summed E-state index contributed by atoms with van der Waals surface area (Å²) in [7, 11) is 2.76. The van der Waals surface area contributed by atoms with Crippen LogP contribution in [-0.4, -0.2) is 26.2 Å². The van der Waals surface area contributed by atoms with E-state index in [1.165, 1.54) is 14.2 Å². The van der Waals surface area contributed by atoms with Crippen LogP contribution in [0.2, 0.25) is 0 Å². The first-order chi connectivity index (χ1) is 13.5. The lowest BCUT2D eigenvalue weighted by atomic mass is 9.88. The lowest BCUT2D eigenvalue weighted by Crippen LogP contribution is -2.05. The van der Waals surface area contributed by atoms with E-state index in [1.54, 1.807) is 12.1 Å². The highest BCUT2D eigenvalue weighted by atomic mass is 16.5. The van der Waals surface area contributed by atoms with Crippen molar-refractivity contribution in [2.45, 2.75) is 13.8 Å². The van der Waals surface area contributed by atoms with Gasteiger partial charge in [0, 0.05) is 0 Å². The van der Waals surface area contributed by atoms with Gasteiger partial charge in [0.1, 0.15) is 0 Å². The molecule has 0 spiro atoms. The van der Waals surface area contributed by atoms with Crippen LogP contribution in [0.4, 0.5) is 0 Å². The second-order valence-corrected chi connectivity index (χ2v) is 6.49. The maximum Gasteiger partial charge on any atom is 0.338 e. The smallest absolute Gasteiger partial charge is 0.338 e. The Hall–Kier alpha value is -3.40. The van der Waals surface area contributed by atoms with Crippen LogP contribution in [0.3, 0.4) is 0 Å². The highest BCUT2D eigenvalue weighted by Gasteiger charge is 2.19. The number of rotatable bonds is 4. The molecule has 0 bridgehead atoms. The first-order valence-corrected chi connectivity index (χ1v) is 8.95. The minimum atomic E-state index is -0.368. The molecule has 0 heterocycles. The number of methoxy groups -OCH3 is 2. The zero-order valence-corrected chi connectivity index (χ0v) is 16.4. The molecule has 0 saturated carbocycles. The molecule has 0 unspecified atom stereocenters. The van der Waals surface area contributed by atoms with Crippen LogP contribution in [0.1, 0.15) is 31.8 Å². The Morgan fingerprint density at radius 3 is 1.29 bits per heavy atom. The first-order valence-electron chi connectivity index (χ1n) is 8.95. The average Bonchev–Trinajstić information content (AvgIpc) is 2.74. The molecular weight excluding hydrogens is 352 g/mol. The van der Waals surface area contributed by atoms with Gasteiger partial charge in [0.05, 0.1) is 25.3 Å². The van der Waals surface area contributed by atoms with Gasteiger partial charge in [0.2, 0.25) is 0 Å². The van der Waals surface area contributed by atoms with Gasteiger partial charge in [-0.05, 0) is 59.4 Å². The molecule has 3 aromatic carbocycles. The summed E-state index contributed by atoms with van der Waals surface area (Å²) in [4.78, 5) is 24.3. The number of carbonyl (C=O) groups is 2. The lowest BCUT2D eigenvalue weighted by molar-refractivity contribution is 0.0592. The van der Waals surface area contributed by atoms with E-state index in [2.05, 4.69) is 0 Å². The number of carbonyl (C=O) groups excluding carboxylic acids is 2. The summed E-state index contributed by atoms with van der Waals surface area (Å²) in [5.74, 6) is -0.736. The number of hydrogen-bond donors (Lipinski definition) is 0. The summed E-state index contributed by atoms with van der Waals surface area (Å²) < 4.78 is 9.85. The van der Waals surface area contributed by atoms with E-state index in [4.69, 9.17) is 9.47 Å². The van der Waals surface area contributed by atoms with Crippen molar-refractivity contribution in [2.75, 3.05) is 14.2 Å². The summed E-state index contributed by atoms with van der Waals surface area (Å²) in [6.45, 7) is 4.03. The minimum Gasteiger partial charge on any atom is -0.465 e. The summed E-state index contributed by atoms with van der Waals surface area (Å²) in [5, 5.41) is 0. The standard InChI is InChI=1S/C24H22O4/c1-15-16(2)18(20-10-6-8-12-22(20)24(26)28-4)14-13-17(15)19-9-5-7-11-21(19)23(25)27-3/h5-14H,1-4H3. The summed E-state index contributed by atoms with van der Waals surface area (Å²) in [5.41, 5.74) is 6.67. The fraction of sp³-hybridized carbons (Fsp3) is 0.167. The Balaban J connectivity index is 2.18. The number of benzene rings is 3. The van der Waals surface area contributed by atoms with Gasteiger partial charge >= 0.3 is 11.9 Å². The van der Waals surface area contributed by atoms with Gasteiger partial charge in [0.25, 0.3) is 0 Å². The van der Waals surface area contributed by atoms with E-state index in [1.807, 2.05) is 62.4 Å². The van der Waals surface area contributed by atoms with Crippen molar-refractivity contribution in [1.82, 2.24) is 0 Å². The van der Waals surface area contributed by atoms with E-state index >= 15 is 0 Å². The molecule has 0 radical (unpaired) electrons. The Morgan fingerprint density at radius 2 is 0.929 bits per heavy atom. The van der Waals surface area contributed by atoms with Crippen molar-refractivity contribution >= 4 is 11.9 Å². The van der Waals surface area contributed by atoms with Gasteiger partial charge in [-0.1, -0.05) is 48.5 Å². The summed E-state index contributed by atoms with van der Waals surface area (Å²) in [6, 6.07) is 18.7. The predicted molar refractivity (Wildman–Crippen MR) is 109 cm³/mol. The zero-order chi connectivity index (χ0) is 20.3. The van der Waals surface area contributed by atoms with Gasteiger partial charge in [-0.3, -0.25) is 0 Å². The lowest BCUT2D eigenvalue weighted by Gasteiger charge is -2.17. The maximum absolute atomic E-state index is 12.2. The Bertz CT molecular complexity index is 966. The first kappa shape index (κ1) is 19.4. The van der Waals surface area contributed by atoms with Crippen LogP contribution in [-0.2, 0) is 9.47 Å². The van der Waals surface area contributed by atoms with Crippen LogP contribution < -0.4 is 0 Å².